The minimum absolute atomic E-state index is 0.317. The molecule has 2 aromatic carbocycles. The molecular formula is C14H11NO2. The molecule has 0 bridgehead atoms. The third kappa shape index (κ3) is 2.39. The molecule has 0 radical (unpaired) electrons. The lowest BCUT2D eigenvalue weighted by Gasteiger charge is -2.02. The summed E-state index contributed by atoms with van der Waals surface area (Å²) in [5.41, 5.74) is 7.30. The van der Waals surface area contributed by atoms with Crippen LogP contribution in [0.4, 0.5) is 0 Å². The Bertz CT molecular complexity index is 544. The zero-order valence-corrected chi connectivity index (χ0v) is 9.09. The number of ketones is 1. The van der Waals surface area contributed by atoms with Crippen molar-refractivity contribution in [3.63, 3.8) is 0 Å². The van der Waals surface area contributed by atoms with E-state index in [1.807, 2.05) is 30.3 Å². The molecule has 0 aliphatic heterocycles. The van der Waals surface area contributed by atoms with Crippen molar-refractivity contribution in [3.05, 3.63) is 60.2 Å². The van der Waals surface area contributed by atoms with Crippen LogP contribution in [-0.2, 0) is 4.79 Å². The van der Waals surface area contributed by atoms with Crippen molar-refractivity contribution in [1.82, 2.24) is 0 Å². The fourth-order valence-electron chi connectivity index (χ4n) is 1.59. The molecule has 2 rings (SSSR count). The van der Waals surface area contributed by atoms with Crippen molar-refractivity contribution in [3.8, 4) is 11.1 Å². The summed E-state index contributed by atoms with van der Waals surface area (Å²) in [4.78, 5) is 22.0. The van der Waals surface area contributed by atoms with Gasteiger partial charge in [-0.05, 0) is 11.1 Å². The molecule has 3 heteroatoms. The van der Waals surface area contributed by atoms with Crippen molar-refractivity contribution in [2.24, 2.45) is 5.73 Å². The van der Waals surface area contributed by atoms with Gasteiger partial charge in [0.15, 0.2) is 0 Å². The van der Waals surface area contributed by atoms with Crippen LogP contribution < -0.4 is 5.73 Å². The molecule has 17 heavy (non-hydrogen) atoms. The topological polar surface area (TPSA) is 60.2 Å². The van der Waals surface area contributed by atoms with Gasteiger partial charge < -0.3 is 5.73 Å². The second-order valence-corrected chi connectivity index (χ2v) is 3.64. The number of carbonyl (C=O) groups is 2. The summed E-state index contributed by atoms with van der Waals surface area (Å²) >= 11 is 0. The largest absolute Gasteiger partial charge is 0.363 e. The van der Waals surface area contributed by atoms with Crippen LogP contribution in [0.15, 0.2) is 54.6 Å². The quantitative estimate of drug-likeness (QED) is 0.641. The maximum atomic E-state index is 11.3. The van der Waals surface area contributed by atoms with Gasteiger partial charge in [-0.3, -0.25) is 9.59 Å². The van der Waals surface area contributed by atoms with E-state index in [4.69, 9.17) is 5.73 Å². The number of primary amides is 1. The molecule has 2 N–H and O–H groups in total. The number of hydrogen-bond acceptors (Lipinski definition) is 2. The summed E-state index contributed by atoms with van der Waals surface area (Å²) in [6, 6.07) is 16.6. The Hall–Kier alpha value is -2.42. The Balaban J connectivity index is 2.31. The third-order valence-corrected chi connectivity index (χ3v) is 2.48. The summed E-state index contributed by atoms with van der Waals surface area (Å²) in [6.07, 6.45) is 0. The molecule has 1 amide bonds. The first kappa shape index (κ1) is 11.1. The molecule has 0 saturated carbocycles. The number of Topliss-reactive ketones (excluding diaryl/α,β-unsaturated/α-hetero) is 1. The molecule has 0 heterocycles. The van der Waals surface area contributed by atoms with Crippen molar-refractivity contribution in [2.45, 2.75) is 0 Å². The monoisotopic (exact) mass is 225 g/mol. The molecule has 0 fully saturated rings. The highest BCUT2D eigenvalue weighted by molar-refractivity contribution is 6.42. The van der Waals surface area contributed by atoms with Crippen molar-refractivity contribution >= 4 is 11.7 Å². The van der Waals surface area contributed by atoms with Gasteiger partial charge in [-0.15, -0.1) is 0 Å². The summed E-state index contributed by atoms with van der Waals surface area (Å²) in [6.45, 7) is 0. The predicted molar refractivity (Wildman–Crippen MR) is 65.4 cm³/mol. The first-order valence-corrected chi connectivity index (χ1v) is 5.18. The van der Waals surface area contributed by atoms with E-state index in [9.17, 15) is 9.59 Å². The molecule has 0 spiro atoms. The number of benzene rings is 2. The van der Waals surface area contributed by atoms with Gasteiger partial charge in [0, 0.05) is 5.56 Å². The summed E-state index contributed by atoms with van der Waals surface area (Å²) in [7, 11) is 0. The lowest BCUT2D eigenvalue weighted by molar-refractivity contribution is -0.114. The molecule has 3 nitrogen and oxygen atoms in total. The molecule has 0 saturated heterocycles. The van der Waals surface area contributed by atoms with E-state index in [1.165, 1.54) is 0 Å². The van der Waals surface area contributed by atoms with Crippen LogP contribution in [-0.4, -0.2) is 11.7 Å². The first-order chi connectivity index (χ1) is 8.18. The van der Waals surface area contributed by atoms with Gasteiger partial charge >= 0.3 is 0 Å². The zero-order chi connectivity index (χ0) is 12.3. The standard InChI is InChI=1S/C14H11NO2/c15-14(17)13(16)12-8-6-11(7-9-12)10-4-2-1-3-5-10/h1-9H,(H2,15,17). The van der Waals surface area contributed by atoms with Crippen LogP contribution in [0.3, 0.4) is 0 Å². The minimum Gasteiger partial charge on any atom is -0.363 e. The number of carbonyl (C=O) groups excluding carboxylic acids is 2. The van der Waals surface area contributed by atoms with Gasteiger partial charge in [0.1, 0.15) is 0 Å². The van der Waals surface area contributed by atoms with E-state index in [0.717, 1.165) is 11.1 Å². The summed E-state index contributed by atoms with van der Waals surface area (Å²) in [5.74, 6) is -1.60. The molecule has 0 aromatic heterocycles. The predicted octanol–water partition coefficient (Wildman–Crippen LogP) is 2.02. The van der Waals surface area contributed by atoms with E-state index in [0.29, 0.717) is 5.56 Å². The zero-order valence-electron chi connectivity index (χ0n) is 9.09. The summed E-state index contributed by atoms with van der Waals surface area (Å²) in [5, 5.41) is 0. The van der Waals surface area contributed by atoms with E-state index in [2.05, 4.69) is 0 Å². The Morgan fingerprint density at radius 3 is 1.82 bits per heavy atom. The molecule has 0 unspecified atom stereocenters. The molecule has 84 valence electrons. The highest BCUT2D eigenvalue weighted by Gasteiger charge is 2.11. The van der Waals surface area contributed by atoms with E-state index >= 15 is 0 Å². The molecule has 0 aliphatic carbocycles. The van der Waals surface area contributed by atoms with Crippen LogP contribution in [0.1, 0.15) is 10.4 Å². The number of rotatable bonds is 3. The minimum atomic E-state index is -0.933. The fourth-order valence-corrected chi connectivity index (χ4v) is 1.59. The average molecular weight is 225 g/mol. The van der Waals surface area contributed by atoms with Gasteiger partial charge in [0.2, 0.25) is 5.78 Å². The number of amides is 1. The van der Waals surface area contributed by atoms with E-state index in [1.54, 1.807) is 24.3 Å². The van der Waals surface area contributed by atoms with Crippen molar-refractivity contribution < 1.29 is 9.59 Å². The highest BCUT2D eigenvalue weighted by atomic mass is 16.2. The van der Waals surface area contributed by atoms with Crippen LogP contribution in [0.2, 0.25) is 0 Å². The van der Waals surface area contributed by atoms with E-state index < -0.39 is 11.7 Å². The summed E-state index contributed by atoms with van der Waals surface area (Å²) < 4.78 is 0. The average Bonchev–Trinajstić information content (AvgIpc) is 2.39. The Kier molecular flexibility index (Phi) is 3.01. The lowest BCUT2D eigenvalue weighted by Crippen LogP contribution is -2.22. The van der Waals surface area contributed by atoms with Gasteiger partial charge in [0.05, 0.1) is 0 Å². The lowest BCUT2D eigenvalue weighted by atomic mass is 10.0. The van der Waals surface area contributed by atoms with Crippen molar-refractivity contribution in [1.29, 1.82) is 0 Å². The van der Waals surface area contributed by atoms with Crippen LogP contribution in [0.5, 0.6) is 0 Å². The van der Waals surface area contributed by atoms with Gasteiger partial charge in [-0.2, -0.15) is 0 Å². The first-order valence-electron chi connectivity index (χ1n) is 5.18. The maximum Gasteiger partial charge on any atom is 0.289 e. The molecule has 0 aliphatic rings. The Labute approximate surface area is 98.9 Å². The molecule has 2 aromatic rings. The maximum absolute atomic E-state index is 11.3. The number of hydrogen-bond donors (Lipinski definition) is 1. The third-order valence-electron chi connectivity index (χ3n) is 2.48. The van der Waals surface area contributed by atoms with Gasteiger partial charge in [-0.25, -0.2) is 0 Å². The normalized spacial score (nSPS) is 9.88. The smallest absolute Gasteiger partial charge is 0.289 e. The molecular weight excluding hydrogens is 214 g/mol. The second-order valence-electron chi connectivity index (χ2n) is 3.64. The van der Waals surface area contributed by atoms with E-state index in [-0.39, 0.29) is 0 Å². The SMILES string of the molecule is NC(=O)C(=O)c1ccc(-c2ccccc2)cc1. The van der Waals surface area contributed by atoms with Crippen molar-refractivity contribution in [2.75, 3.05) is 0 Å². The number of nitrogens with two attached hydrogens (primary N) is 1. The Morgan fingerprint density at radius 1 is 0.765 bits per heavy atom. The molecule has 0 atom stereocenters. The fraction of sp³-hybridized carbons (Fsp3) is 0. The van der Waals surface area contributed by atoms with Gasteiger partial charge in [-0.1, -0.05) is 54.6 Å². The van der Waals surface area contributed by atoms with Gasteiger partial charge in [0.25, 0.3) is 5.91 Å². The highest BCUT2D eigenvalue weighted by Crippen LogP contribution is 2.19. The Morgan fingerprint density at radius 2 is 1.29 bits per heavy atom. The second kappa shape index (κ2) is 4.61. The van der Waals surface area contributed by atoms with Crippen LogP contribution >= 0.6 is 0 Å². The van der Waals surface area contributed by atoms with Crippen LogP contribution in [0, 0.1) is 0 Å². The van der Waals surface area contributed by atoms with Crippen LogP contribution in [0.25, 0.3) is 11.1 Å².